The van der Waals surface area contributed by atoms with Crippen molar-refractivity contribution < 1.29 is 14.6 Å². The number of aliphatic hydroxyl groups excluding tert-OH is 1. The minimum absolute atomic E-state index is 0.106. The number of ether oxygens (including phenoxy) is 2. The second-order valence-electron chi connectivity index (χ2n) is 5.05. The fourth-order valence-electron chi connectivity index (χ4n) is 2.20. The quantitative estimate of drug-likeness (QED) is 0.833. The molecule has 1 N–H and O–H groups in total. The molecule has 0 aromatic heterocycles. The lowest BCUT2D eigenvalue weighted by molar-refractivity contribution is 0.0322. The molecule has 114 valence electrons. The second kappa shape index (κ2) is 8.68. The Morgan fingerprint density at radius 1 is 1.33 bits per heavy atom. The third-order valence-corrected chi connectivity index (χ3v) is 3.44. The van der Waals surface area contributed by atoms with E-state index in [0.29, 0.717) is 13.0 Å². The number of aryl methyl sites for hydroxylation is 1. The van der Waals surface area contributed by atoms with Crippen molar-refractivity contribution in [2.75, 3.05) is 46.1 Å². The van der Waals surface area contributed by atoms with Crippen LogP contribution in [-0.4, -0.2) is 56.1 Å². The van der Waals surface area contributed by atoms with E-state index in [1.165, 1.54) is 0 Å². The average Bonchev–Trinajstić information content (AvgIpc) is 2.51. The Bertz CT molecular complexity index is 498. The van der Waals surface area contributed by atoms with Crippen LogP contribution in [0.2, 0.25) is 0 Å². The summed E-state index contributed by atoms with van der Waals surface area (Å²) in [6, 6.07) is 5.95. The van der Waals surface area contributed by atoms with Crippen LogP contribution in [0.4, 0.5) is 0 Å². The fraction of sp³-hybridized carbons (Fsp3) is 0.529. The maximum atomic E-state index is 8.73. The molecule has 4 heteroatoms. The first-order chi connectivity index (χ1) is 10.3. The van der Waals surface area contributed by atoms with Crippen molar-refractivity contribution in [3.8, 4) is 17.6 Å². The number of hydrogen-bond donors (Lipinski definition) is 1. The van der Waals surface area contributed by atoms with E-state index in [0.717, 1.165) is 49.7 Å². The number of nitrogens with zero attached hydrogens (tertiary/aromatic N) is 1. The number of rotatable bonds is 5. The van der Waals surface area contributed by atoms with Crippen LogP contribution in [0, 0.1) is 18.8 Å². The Hall–Kier alpha value is -1.54. The van der Waals surface area contributed by atoms with E-state index in [4.69, 9.17) is 14.6 Å². The predicted octanol–water partition coefficient (Wildman–Crippen LogP) is 1.44. The van der Waals surface area contributed by atoms with Crippen LogP contribution in [0.1, 0.15) is 17.5 Å². The summed E-state index contributed by atoms with van der Waals surface area (Å²) in [6.07, 6.45) is 0.511. The van der Waals surface area contributed by atoms with E-state index in [1.54, 1.807) is 0 Å². The average molecular weight is 289 g/mol. The zero-order valence-electron chi connectivity index (χ0n) is 12.6. The summed E-state index contributed by atoms with van der Waals surface area (Å²) in [5.41, 5.74) is 2.09. The molecule has 0 aliphatic carbocycles. The van der Waals surface area contributed by atoms with Gasteiger partial charge in [0.05, 0.1) is 19.8 Å². The van der Waals surface area contributed by atoms with E-state index in [1.807, 2.05) is 25.1 Å². The molecule has 1 heterocycles. The molecule has 0 saturated carbocycles. The monoisotopic (exact) mass is 289 g/mol. The second-order valence-corrected chi connectivity index (χ2v) is 5.05. The first kappa shape index (κ1) is 15.8. The van der Waals surface area contributed by atoms with Gasteiger partial charge in [0.2, 0.25) is 0 Å². The van der Waals surface area contributed by atoms with Gasteiger partial charge in [-0.15, -0.1) is 0 Å². The van der Waals surface area contributed by atoms with Gasteiger partial charge >= 0.3 is 0 Å². The van der Waals surface area contributed by atoms with Crippen LogP contribution in [0.3, 0.4) is 0 Å². The van der Waals surface area contributed by atoms with Crippen molar-refractivity contribution >= 4 is 0 Å². The Morgan fingerprint density at radius 3 is 2.86 bits per heavy atom. The number of aliphatic hydroxyl groups is 1. The maximum absolute atomic E-state index is 8.73. The Labute approximate surface area is 126 Å². The SMILES string of the molecule is Cc1cc(OCCN2CCOCC2)ccc1C#CCCO. The topological polar surface area (TPSA) is 41.9 Å². The molecular weight excluding hydrogens is 266 g/mol. The Balaban J connectivity index is 1.81. The van der Waals surface area contributed by atoms with Gasteiger partial charge in [0.25, 0.3) is 0 Å². The third-order valence-electron chi connectivity index (χ3n) is 3.44. The first-order valence-corrected chi connectivity index (χ1v) is 7.43. The molecule has 1 aliphatic heterocycles. The summed E-state index contributed by atoms with van der Waals surface area (Å²) in [4.78, 5) is 2.35. The van der Waals surface area contributed by atoms with Gasteiger partial charge in [0.1, 0.15) is 12.4 Å². The minimum atomic E-state index is 0.106. The molecule has 0 bridgehead atoms. The number of benzene rings is 1. The molecule has 1 aromatic carbocycles. The summed E-state index contributed by atoms with van der Waals surface area (Å²) >= 11 is 0. The molecule has 1 aromatic rings. The lowest BCUT2D eigenvalue weighted by Gasteiger charge is -2.26. The van der Waals surface area contributed by atoms with Gasteiger partial charge in [-0.1, -0.05) is 11.8 Å². The van der Waals surface area contributed by atoms with Gasteiger partial charge in [-0.05, 0) is 30.7 Å². The van der Waals surface area contributed by atoms with Gasteiger partial charge in [-0.3, -0.25) is 4.90 Å². The predicted molar refractivity (Wildman–Crippen MR) is 82.5 cm³/mol. The van der Waals surface area contributed by atoms with Crippen LogP contribution in [0.25, 0.3) is 0 Å². The van der Waals surface area contributed by atoms with Crippen molar-refractivity contribution in [1.82, 2.24) is 4.90 Å². The van der Waals surface area contributed by atoms with Crippen molar-refractivity contribution in [1.29, 1.82) is 0 Å². The molecule has 4 nitrogen and oxygen atoms in total. The van der Waals surface area contributed by atoms with Gasteiger partial charge < -0.3 is 14.6 Å². The summed E-state index contributed by atoms with van der Waals surface area (Å²) in [5.74, 6) is 6.88. The summed E-state index contributed by atoms with van der Waals surface area (Å²) in [5, 5.41) is 8.73. The Morgan fingerprint density at radius 2 is 2.14 bits per heavy atom. The molecule has 1 saturated heterocycles. The highest BCUT2D eigenvalue weighted by Gasteiger charge is 2.09. The highest BCUT2D eigenvalue weighted by atomic mass is 16.5. The van der Waals surface area contributed by atoms with Crippen LogP contribution in [-0.2, 0) is 4.74 Å². The third kappa shape index (κ3) is 5.39. The number of hydrogen-bond acceptors (Lipinski definition) is 4. The molecule has 0 unspecified atom stereocenters. The highest BCUT2D eigenvalue weighted by Crippen LogP contribution is 2.16. The Kier molecular flexibility index (Phi) is 6.55. The van der Waals surface area contributed by atoms with Crippen LogP contribution >= 0.6 is 0 Å². The molecule has 0 amide bonds. The first-order valence-electron chi connectivity index (χ1n) is 7.43. The highest BCUT2D eigenvalue weighted by molar-refractivity contribution is 5.44. The van der Waals surface area contributed by atoms with Gasteiger partial charge in [0, 0.05) is 31.6 Å². The van der Waals surface area contributed by atoms with Crippen molar-refractivity contribution in [2.45, 2.75) is 13.3 Å². The lowest BCUT2D eigenvalue weighted by Crippen LogP contribution is -2.38. The standard InChI is InChI=1S/C17H23NO3/c1-15-14-17(6-5-16(15)4-2-3-10-19)21-13-9-18-7-11-20-12-8-18/h5-6,14,19H,3,7-13H2,1H3. The zero-order chi connectivity index (χ0) is 14.9. The lowest BCUT2D eigenvalue weighted by atomic mass is 10.1. The van der Waals surface area contributed by atoms with Gasteiger partial charge in [-0.2, -0.15) is 0 Å². The summed E-state index contributed by atoms with van der Waals surface area (Å²) in [6.45, 7) is 7.37. The smallest absolute Gasteiger partial charge is 0.119 e. The van der Waals surface area contributed by atoms with E-state index >= 15 is 0 Å². The van der Waals surface area contributed by atoms with E-state index in [2.05, 4.69) is 16.7 Å². The largest absolute Gasteiger partial charge is 0.492 e. The van der Waals surface area contributed by atoms with Gasteiger partial charge in [0.15, 0.2) is 0 Å². The zero-order valence-corrected chi connectivity index (χ0v) is 12.6. The van der Waals surface area contributed by atoms with Crippen LogP contribution < -0.4 is 4.74 Å². The summed E-state index contributed by atoms with van der Waals surface area (Å²) in [7, 11) is 0. The van der Waals surface area contributed by atoms with Crippen LogP contribution in [0.15, 0.2) is 18.2 Å². The molecule has 0 radical (unpaired) electrons. The number of morpholine rings is 1. The molecule has 0 spiro atoms. The van der Waals surface area contributed by atoms with Crippen LogP contribution in [0.5, 0.6) is 5.75 Å². The van der Waals surface area contributed by atoms with Crippen molar-refractivity contribution in [3.05, 3.63) is 29.3 Å². The molecule has 21 heavy (non-hydrogen) atoms. The van der Waals surface area contributed by atoms with Crippen molar-refractivity contribution in [2.24, 2.45) is 0 Å². The maximum Gasteiger partial charge on any atom is 0.119 e. The van der Waals surface area contributed by atoms with E-state index in [9.17, 15) is 0 Å². The van der Waals surface area contributed by atoms with Gasteiger partial charge in [-0.25, -0.2) is 0 Å². The normalized spacial score (nSPS) is 15.3. The molecule has 1 aliphatic rings. The van der Waals surface area contributed by atoms with Crippen molar-refractivity contribution in [3.63, 3.8) is 0 Å². The van der Waals surface area contributed by atoms with E-state index in [-0.39, 0.29) is 6.61 Å². The van der Waals surface area contributed by atoms with E-state index < -0.39 is 0 Å². The fourth-order valence-corrected chi connectivity index (χ4v) is 2.20. The molecular formula is C17H23NO3. The minimum Gasteiger partial charge on any atom is -0.492 e. The molecule has 2 rings (SSSR count). The molecule has 0 atom stereocenters. The summed E-state index contributed by atoms with van der Waals surface area (Å²) < 4.78 is 11.1. The molecule has 1 fully saturated rings.